The highest BCUT2D eigenvalue weighted by Crippen LogP contribution is 2.05. The van der Waals surface area contributed by atoms with Crippen LogP contribution >= 0.6 is 12.2 Å². The van der Waals surface area contributed by atoms with Crippen molar-refractivity contribution in [3.63, 3.8) is 0 Å². The molecule has 1 aromatic heterocycles. The van der Waals surface area contributed by atoms with Crippen molar-refractivity contribution in [2.45, 2.75) is 12.8 Å². The van der Waals surface area contributed by atoms with Crippen molar-refractivity contribution in [1.82, 2.24) is 9.88 Å². The van der Waals surface area contributed by atoms with Crippen LogP contribution in [-0.4, -0.2) is 47.6 Å². The highest BCUT2D eigenvalue weighted by Gasteiger charge is 2.15. The molecule has 0 bridgehead atoms. The highest BCUT2D eigenvalue weighted by atomic mass is 32.1. The van der Waals surface area contributed by atoms with Gasteiger partial charge in [0.05, 0.1) is 4.99 Å². The molecule has 19 heavy (non-hydrogen) atoms. The van der Waals surface area contributed by atoms with Crippen molar-refractivity contribution in [1.29, 1.82) is 0 Å². The lowest BCUT2D eigenvalue weighted by atomic mass is 10.2. The normalized spacial score (nSPS) is 10.2. The monoisotopic (exact) mass is 281 g/mol. The second-order valence-corrected chi connectivity index (χ2v) is 4.62. The summed E-state index contributed by atoms with van der Waals surface area (Å²) in [4.78, 5) is 18.4. The van der Waals surface area contributed by atoms with Crippen LogP contribution in [0.1, 0.15) is 23.2 Å². The van der Waals surface area contributed by atoms with Crippen LogP contribution in [0.2, 0.25) is 0 Å². The third kappa shape index (κ3) is 5.76. The van der Waals surface area contributed by atoms with Crippen LogP contribution in [0.15, 0.2) is 24.5 Å². The van der Waals surface area contributed by atoms with E-state index in [0.717, 1.165) is 6.42 Å². The number of carbonyl (C=O) groups is 1. The van der Waals surface area contributed by atoms with Gasteiger partial charge in [0.15, 0.2) is 0 Å². The van der Waals surface area contributed by atoms with Gasteiger partial charge in [0, 0.05) is 51.2 Å². The van der Waals surface area contributed by atoms with E-state index in [-0.39, 0.29) is 5.91 Å². The third-order valence-electron chi connectivity index (χ3n) is 2.62. The van der Waals surface area contributed by atoms with Crippen molar-refractivity contribution in [3.05, 3.63) is 30.1 Å². The van der Waals surface area contributed by atoms with E-state index in [2.05, 4.69) is 4.98 Å². The summed E-state index contributed by atoms with van der Waals surface area (Å²) in [6.07, 6.45) is 4.52. The number of hydrogen-bond acceptors (Lipinski definition) is 4. The molecule has 2 N–H and O–H groups in total. The average Bonchev–Trinajstić information content (AvgIpc) is 2.42. The van der Waals surface area contributed by atoms with Gasteiger partial charge in [-0.2, -0.15) is 0 Å². The molecule has 0 radical (unpaired) electrons. The molecule has 1 aromatic rings. The number of pyridine rings is 1. The number of thiocarbonyl (C=S) groups is 1. The first-order chi connectivity index (χ1) is 9.15. The van der Waals surface area contributed by atoms with Crippen molar-refractivity contribution in [2.75, 3.05) is 26.8 Å². The van der Waals surface area contributed by atoms with E-state index in [1.165, 1.54) is 0 Å². The summed E-state index contributed by atoms with van der Waals surface area (Å²) in [6.45, 7) is 1.77. The molecule has 104 valence electrons. The second kappa shape index (κ2) is 8.55. The number of nitrogens with zero attached hydrogens (tertiary/aromatic N) is 2. The Balaban J connectivity index is 2.65. The first kappa shape index (κ1) is 15.5. The molecule has 0 spiro atoms. The molecule has 1 heterocycles. The van der Waals surface area contributed by atoms with Gasteiger partial charge in [-0.15, -0.1) is 0 Å². The lowest BCUT2D eigenvalue weighted by molar-refractivity contribution is 0.0742. The van der Waals surface area contributed by atoms with Gasteiger partial charge >= 0.3 is 0 Å². The minimum Gasteiger partial charge on any atom is -0.393 e. The number of amides is 1. The number of nitrogens with two attached hydrogens (primary N) is 1. The van der Waals surface area contributed by atoms with Crippen molar-refractivity contribution in [2.24, 2.45) is 5.73 Å². The van der Waals surface area contributed by atoms with Crippen LogP contribution in [0.4, 0.5) is 0 Å². The zero-order valence-electron chi connectivity index (χ0n) is 11.0. The van der Waals surface area contributed by atoms with E-state index < -0.39 is 0 Å². The maximum atomic E-state index is 12.3. The number of hydrogen-bond donors (Lipinski definition) is 1. The topological polar surface area (TPSA) is 68.5 Å². The van der Waals surface area contributed by atoms with Gasteiger partial charge in [0.2, 0.25) is 0 Å². The fourth-order valence-corrected chi connectivity index (χ4v) is 1.73. The minimum atomic E-state index is -0.0326. The first-order valence-electron chi connectivity index (χ1n) is 6.11. The van der Waals surface area contributed by atoms with Gasteiger partial charge in [-0.1, -0.05) is 12.2 Å². The maximum Gasteiger partial charge on any atom is 0.253 e. The number of carbonyl (C=O) groups excluding carboxylic acids is 1. The lowest BCUT2D eigenvalue weighted by Gasteiger charge is -2.22. The molecular weight excluding hydrogens is 262 g/mol. The largest absolute Gasteiger partial charge is 0.393 e. The summed E-state index contributed by atoms with van der Waals surface area (Å²) in [5, 5.41) is 0. The molecular formula is C13H19N3O2S. The molecule has 5 nitrogen and oxygen atoms in total. The van der Waals surface area contributed by atoms with Crippen LogP contribution in [0.5, 0.6) is 0 Å². The zero-order chi connectivity index (χ0) is 14.1. The summed E-state index contributed by atoms with van der Waals surface area (Å²) >= 11 is 4.86. The molecule has 0 atom stereocenters. The van der Waals surface area contributed by atoms with E-state index >= 15 is 0 Å². The summed E-state index contributed by atoms with van der Waals surface area (Å²) in [5.74, 6) is -0.0326. The van der Waals surface area contributed by atoms with Crippen molar-refractivity contribution >= 4 is 23.1 Å². The molecule has 0 aromatic carbocycles. The first-order valence-corrected chi connectivity index (χ1v) is 6.52. The van der Waals surface area contributed by atoms with Gasteiger partial charge in [0.1, 0.15) is 0 Å². The Kier molecular flexibility index (Phi) is 6.99. The van der Waals surface area contributed by atoms with Crippen LogP contribution in [0, 0.1) is 0 Å². The van der Waals surface area contributed by atoms with Crippen LogP contribution in [0.25, 0.3) is 0 Å². The van der Waals surface area contributed by atoms with E-state index in [1.54, 1.807) is 36.5 Å². The molecule has 0 aliphatic carbocycles. The van der Waals surface area contributed by atoms with Crippen LogP contribution in [-0.2, 0) is 4.74 Å². The smallest absolute Gasteiger partial charge is 0.253 e. The van der Waals surface area contributed by atoms with Gasteiger partial charge in [-0.3, -0.25) is 9.78 Å². The van der Waals surface area contributed by atoms with Crippen molar-refractivity contribution < 1.29 is 9.53 Å². The summed E-state index contributed by atoms with van der Waals surface area (Å²) < 4.78 is 5.00. The molecule has 0 fully saturated rings. The predicted octanol–water partition coefficient (Wildman–Crippen LogP) is 1.24. The summed E-state index contributed by atoms with van der Waals surface area (Å²) in [5.41, 5.74) is 6.11. The number of aromatic nitrogens is 1. The number of ether oxygens (including phenoxy) is 1. The van der Waals surface area contributed by atoms with E-state index in [9.17, 15) is 4.79 Å². The van der Waals surface area contributed by atoms with Crippen LogP contribution < -0.4 is 5.73 Å². The van der Waals surface area contributed by atoms with Crippen LogP contribution in [0.3, 0.4) is 0 Å². The molecule has 0 aliphatic rings. The SMILES string of the molecule is COCCCN(CCC(N)=S)C(=O)c1ccncc1. The molecule has 0 saturated carbocycles. The number of methoxy groups -OCH3 is 1. The van der Waals surface area contributed by atoms with E-state index in [0.29, 0.717) is 36.7 Å². The van der Waals surface area contributed by atoms with Gasteiger partial charge < -0.3 is 15.4 Å². The van der Waals surface area contributed by atoms with E-state index in [4.69, 9.17) is 22.7 Å². The summed E-state index contributed by atoms with van der Waals surface area (Å²) in [6, 6.07) is 3.40. The molecule has 0 aliphatic heterocycles. The Morgan fingerprint density at radius 2 is 2.11 bits per heavy atom. The molecule has 1 amide bonds. The third-order valence-corrected chi connectivity index (χ3v) is 2.82. The highest BCUT2D eigenvalue weighted by molar-refractivity contribution is 7.80. The average molecular weight is 281 g/mol. The Hall–Kier alpha value is -1.53. The quantitative estimate of drug-likeness (QED) is 0.573. The Bertz CT molecular complexity index is 412. The number of rotatable bonds is 8. The fourth-order valence-electron chi connectivity index (χ4n) is 1.64. The lowest BCUT2D eigenvalue weighted by Crippen LogP contribution is -2.35. The Morgan fingerprint density at radius 1 is 1.42 bits per heavy atom. The predicted molar refractivity (Wildman–Crippen MR) is 78.0 cm³/mol. The standard InChI is InChI=1S/C13H19N3O2S/c1-18-10-2-8-16(9-5-12(14)19)13(17)11-3-6-15-7-4-11/h3-4,6-7H,2,5,8-10H2,1H3,(H2,14,19). The molecule has 0 unspecified atom stereocenters. The Labute approximate surface area is 118 Å². The second-order valence-electron chi connectivity index (χ2n) is 4.09. The Morgan fingerprint density at radius 3 is 2.68 bits per heavy atom. The maximum absolute atomic E-state index is 12.3. The van der Waals surface area contributed by atoms with E-state index in [1.807, 2.05) is 0 Å². The summed E-state index contributed by atoms with van der Waals surface area (Å²) in [7, 11) is 1.64. The minimum absolute atomic E-state index is 0.0326. The molecule has 6 heteroatoms. The van der Waals surface area contributed by atoms with Gasteiger partial charge in [-0.05, 0) is 18.6 Å². The van der Waals surface area contributed by atoms with Gasteiger partial charge in [0.25, 0.3) is 5.91 Å². The zero-order valence-corrected chi connectivity index (χ0v) is 11.9. The molecule has 0 saturated heterocycles. The molecule has 1 rings (SSSR count). The fraction of sp³-hybridized carbons (Fsp3) is 0.462. The van der Waals surface area contributed by atoms with Crippen molar-refractivity contribution in [3.8, 4) is 0 Å². The van der Waals surface area contributed by atoms with Gasteiger partial charge in [-0.25, -0.2) is 0 Å².